The number of rotatable bonds is 10. The van der Waals surface area contributed by atoms with Crippen molar-refractivity contribution in [1.29, 1.82) is 0 Å². The topological polar surface area (TPSA) is 110 Å². The third-order valence-electron chi connectivity index (χ3n) is 6.40. The van der Waals surface area contributed by atoms with Crippen LogP contribution in [0.4, 0.5) is 17.1 Å². The number of imide groups is 1. The van der Waals surface area contributed by atoms with Crippen molar-refractivity contribution in [2.45, 2.75) is 20.5 Å². The molecule has 0 saturated heterocycles. The largest absolute Gasteiger partial charge is 0.492 e. The Bertz CT molecular complexity index is 1650. The lowest BCUT2D eigenvalue weighted by molar-refractivity contribution is -0.112. The minimum Gasteiger partial charge on any atom is -0.492 e. The number of pyridine rings is 1. The zero-order valence-corrected chi connectivity index (χ0v) is 23.6. The van der Waals surface area contributed by atoms with Gasteiger partial charge in [0.05, 0.1) is 34.1 Å². The standard InChI is InChI=1S/C32H27ClN4O5/c1-3-41-29-17-21(11-13-27(29)37-31(39)24-9-4-5-10-25(24)32(37)40)35-18-20(2)30(38)36-22-12-14-28(26(33)16-22)42-19-23-8-6-7-15-34-23/h4-18,35H,3,19H2,1-2H3,(H,36,38)/b20-18+. The van der Waals surface area contributed by atoms with E-state index in [9.17, 15) is 14.4 Å². The summed E-state index contributed by atoms with van der Waals surface area (Å²) in [6, 6.07) is 22.3. The molecule has 1 aromatic heterocycles. The van der Waals surface area contributed by atoms with E-state index in [0.29, 0.717) is 56.9 Å². The van der Waals surface area contributed by atoms with Crippen LogP contribution in [0.5, 0.6) is 11.5 Å². The Kier molecular flexibility index (Phi) is 8.50. The summed E-state index contributed by atoms with van der Waals surface area (Å²) in [6.07, 6.45) is 3.24. The average Bonchev–Trinajstić information content (AvgIpc) is 3.25. The third kappa shape index (κ3) is 6.11. The number of ether oxygens (including phenoxy) is 2. The van der Waals surface area contributed by atoms with Gasteiger partial charge in [-0.05, 0) is 68.4 Å². The fourth-order valence-electron chi connectivity index (χ4n) is 4.29. The molecule has 3 amide bonds. The average molecular weight is 583 g/mol. The summed E-state index contributed by atoms with van der Waals surface area (Å²) < 4.78 is 11.5. The molecule has 5 rings (SSSR count). The first-order chi connectivity index (χ1) is 20.4. The van der Waals surface area contributed by atoms with Gasteiger partial charge in [0.25, 0.3) is 17.7 Å². The molecule has 212 valence electrons. The number of benzene rings is 3. The molecule has 0 bridgehead atoms. The lowest BCUT2D eigenvalue weighted by atomic mass is 10.1. The van der Waals surface area contributed by atoms with Crippen LogP contribution < -0.4 is 25.0 Å². The van der Waals surface area contributed by atoms with E-state index in [0.717, 1.165) is 10.6 Å². The molecule has 4 aromatic rings. The number of carbonyl (C=O) groups excluding carboxylic acids is 3. The van der Waals surface area contributed by atoms with Crippen LogP contribution in [0.25, 0.3) is 0 Å². The normalized spacial score (nSPS) is 12.6. The molecule has 0 saturated carbocycles. The second-order valence-corrected chi connectivity index (χ2v) is 9.69. The Labute approximate surface area is 247 Å². The number of carbonyl (C=O) groups is 3. The van der Waals surface area contributed by atoms with Crippen LogP contribution in [0.3, 0.4) is 0 Å². The number of nitrogens with zero attached hydrogens (tertiary/aromatic N) is 2. The molecule has 0 radical (unpaired) electrons. The van der Waals surface area contributed by atoms with E-state index in [4.69, 9.17) is 21.1 Å². The molecule has 0 aliphatic carbocycles. The molecule has 2 heterocycles. The van der Waals surface area contributed by atoms with E-state index >= 15 is 0 Å². The fourth-order valence-corrected chi connectivity index (χ4v) is 4.52. The van der Waals surface area contributed by atoms with E-state index in [-0.39, 0.29) is 12.5 Å². The van der Waals surface area contributed by atoms with Gasteiger partial charge in [0.2, 0.25) is 0 Å². The van der Waals surface area contributed by atoms with Crippen molar-refractivity contribution >= 4 is 46.4 Å². The highest BCUT2D eigenvalue weighted by Crippen LogP contribution is 2.37. The Balaban J connectivity index is 1.24. The quantitative estimate of drug-likeness (QED) is 0.163. The van der Waals surface area contributed by atoms with Crippen molar-refractivity contribution in [3.8, 4) is 11.5 Å². The monoisotopic (exact) mass is 582 g/mol. The van der Waals surface area contributed by atoms with Crippen molar-refractivity contribution in [3.63, 3.8) is 0 Å². The molecule has 42 heavy (non-hydrogen) atoms. The van der Waals surface area contributed by atoms with Crippen LogP contribution >= 0.6 is 11.6 Å². The number of halogens is 1. The van der Waals surface area contributed by atoms with Gasteiger partial charge < -0.3 is 20.1 Å². The lowest BCUT2D eigenvalue weighted by Gasteiger charge is -2.19. The van der Waals surface area contributed by atoms with E-state index in [1.165, 1.54) is 0 Å². The molecule has 0 fully saturated rings. The maximum atomic E-state index is 13.0. The predicted octanol–water partition coefficient (Wildman–Crippen LogP) is 6.47. The van der Waals surface area contributed by atoms with Crippen LogP contribution in [-0.4, -0.2) is 29.3 Å². The van der Waals surface area contributed by atoms with Gasteiger partial charge in [-0.1, -0.05) is 29.8 Å². The molecule has 1 aliphatic heterocycles. The molecule has 10 heteroatoms. The fraction of sp³-hybridized carbons (Fsp3) is 0.125. The summed E-state index contributed by atoms with van der Waals surface area (Å²) >= 11 is 6.36. The molecule has 2 N–H and O–H groups in total. The summed E-state index contributed by atoms with van der Waals surface area (Å²) in [4.78, 5) is 44.1. The first kappa shape index (κ1) is 28.4. The summed E-state index contributed by atoms with van der Waals surface area (Å²) in [6.45, 7) is 4.06. The van der Waals surface area contributed by atoms with Gasteiger partial charge in [0, 0.05) is 35.4 Å². The molecule has 1 aliphatic rings. The number of hydrogen-bond acceptors (Lipinski definition) is 7. The maximum absolute atomic E-state index is 13.0. The molecule has 3 aromatic carbocycles. The number of amides is 3. The van der Waals surface area contributed by atoms with Crippen LogP contribution in [0.15, 0.2) is 96.8 Å². The number of nitrogens with one attached hydrogen (secondary N) is 2. The lowest BCUT2D eigenvalue weighted by Crippen LogP contribution is -2.29. The van der Waals surface area contributed by atoms with Crippen molar-refractivity contribution in [1.82, 2.24) is 4.98 Å². The zero-order valence-electron chi connectivity index (χ0n) is 22.9. The zero-order chi connectivity index (χ0) is 29.6. The van der Waals surface area contributed by atoms with Gasteiger partial charge in [-0.15, -0.1) is 0 Å². The van der Waals surface area contributed by atoms with Gasteiger partial charge in [-0.2, -0.15) is 0 Å². The molecule has 9 nitrogen and oxygen atoms in total. The summed E-state index contributed by atoms with van der Waals surface area (Å²) in [5.41, 5.74) is 3.32. The number of aromatic nitrogens is 1. The van der Waals surface area contributed by atoms with Gasteiger partial charge >= 0.3 is 0 Å². The molecule has 0 unspecified atom stereocenters. The van der Waals surface area contributed by atoms with Crippen LogP contribution in [0.2, 0.25) is 5.02 Å². The molecular weight excluding hydrogens is 556 g/mol. The molecule has 0 spiro atoms. The minimum atomic E-state index is -0.405. The molecule has 0 atom stereocenters. The highest BCUT2D eigenvalue weighted by Gasteiger charge is 2.37. The van der Waals surface area contributed by atoms with Crippen molar-refractivity contribution < 1.29 is 23.9 Å². The number of fused-ring (bicyclic) bond motifs is 1. The van der Waals surface area contributed by atoms with Gasteiger partial charge in [0.15, 0.2) is 0 Å². The van der Waals surface area contributed by atoms with Crippen molar-refractivity contribution in [2.24, 2.45) is 0 Å². The third-order valence-corrected chi connectivity index (χ3v) is 6.69. The number of hydrogen-bond donors (Lipinski definition) is 2. The van der Waals surface area contributed by atoms with Gasteiger partial charge in [0.1, 0.15) is 18.1 Å². The van der Waals surface area contributed by atoms with Crippen LogP contribution in [0.1, 0.15) is 40.3 Å². The van der Waals surface area contributed by atoms with E-state index in [2.05, 4.69) is 15.6 Å². The van der Waals surface area contributed by atoms with Gasteiger partial charge in [-0.3, -0.25) is 19.4 Å². The maximum Gasteiger partial charge on any atom is 0.266 e. The Morgan fingerprint density at radius 2 is 1.62 bits per heavy atom. The summed E-state index contributed by atoms with van der Waals surface area (Å²) in [5.74, 6) is -0.319. The first-order valence-corrected chi connectivity index (χ1v) is 13.5. The predicted molar refractivity (Wildman–Crippen MR) is 161 cm³/mol. The Hall–Kier alpha value is -5.15. The van der Waals surface area contributed by atoms with Crippen molar-refractivity contribution in [2.75, 3.05) is 22.1 Å². The SMILES string of the molecule is CCOc1cc(N/C=C(\C)C(=O)Nc2ccc(OCc3ccccn3)c(Cl)c2)ccc1N1C(=O)c2ccccc2C1=O. The van der Waals surface area contributed by atoms with E-state index in [1.807, 2.05) is 25.1 Å². The number of anilines is 3. The first-order valence-electron chi connectivity index (χ1n) is 13.2. The van der Waals surface area contributed by atoms with E-state index < -0.39 is 11.8 Å². The smallest absolute Gasteiger partial charge is 0.266 e. The second kappa shape index (κ2) is 12.6. The Morgan fingerprint density at radius 1 is 0.905 bits per heavy atom. The van der Waals surface area contributed by atoms with Crippen molar-refractivity contribution in [3.05, 3.63) is 119 Å². The van der Waals surface area contributed by atoms with Crippen LogP contribution in [0, 0.1) is 0 Å². The minimum absolute atomic E-state index is 0.268. The summed E-state index contributed by atoms with van der Waals surface area (Å²) in [7, 11) is 0. The Morgan fingerprint density at radius 3 is 2.29 bits per heavy atom. The highest BCUT2D eigenvalue weighted by atomic mass is 35.5. The van der Waals surface area contributed by atoms with Gasteiger partial charge in [-0.25, -0.2) is 4.90 Å². The second-order valence-electron chi connectivity index (χ2n) is 9.29. The summed E-state index contributed by atoms with van der Waals surface area (Å²) in [5, 5.41) is 6.24. The highest BCUT2D eigenvalue weighted by molar-refractivity contribution is 6.35. The van der Waals surface area contributed by atoms with Crippen LogP contribution in [-0.2, 0) is 11.4 Å². The molecular formula is C32H27ClN4O5. The van der Waals surface area contributed by atoms with E-state index in [1.54, 1.807) is 80.0 Å².